The molecule has 0 radical (unpaired) electrons. The summed E-state index contributed by atoms with van der Waals surface area (Å²) in [6.45, 7) is 8.17. The lowest BCUT2D eigenvalue weighted by Gasteiger charge is -2.23. The molecule has 1 atom stereocenters. The maximum absolute atomic E-state index is 11.7. The van der Waals surface area contributed by atoms with Crippen LogP contribution in [0.1, 0.15) is 26.7 Å². The molecule has 1 fully saturated rings. The Hall–Kier alpha value is -0.650. The van der Waals surface area contributed by atoms with Gasteiger partial charge in [-0.2, -0.15) is 0 Å². The van der Waals surface area contributed by atoms with Gasteiger partial charge in [-0.05, 0) is 40.3 Å². The summed E-state index contributed by atoms with van der Waals surface area (Å²) in [6, 6.07) is 0.417. The maximum atomic E-state index is 11.7. The third-order valence-electron chi connectivity index (χ3n) is 3.36. The van der Waals surface area contributed by atoms with Gasteiger partial charge in [0.05, 0.1) is 13.2 Å². The molecule has 0 spiro atoms. The van der Waals surface area contributed by atoms with Crippen LogP contribution in [0.3, 0.4) is 0 Å². The van der Waals surface area contributed by atoms with Crippen LogP contribution in [0.5, 0.6) is 0 Å². The van der Waals surface area contributed by atoms with E-state index >= 15 is 0 Å². The predicted molar refractivity (Wildman–Crippen MR) is 72.6 cm³/mol. The fourth-order valence-electron chi connectivity index (χ4n) is 1.81. The lowest BCUT2D eigenvalue weighted by atomic mass is 10.2. The summed E-state index contributed by atoms with van der Waals surface area (Å²) < 4.78 is 5.26. The van der Waals surface area contributed by atoms with Crippen LogP contribution in [-0.2, 0) is 9.53 Å². The van der Waals surface area contributed by atoms with Crippen molar-refractivity contribution in [2.75, 3.05) is 39.9 Å². The topological polar surface area (TPSA) is 53.6 Å². The summed E-state index contributed by atoms with van der Waals surface area (Å²) in [6.07, 6.45) is 2.14. The van der Waals surface area contributed by atoms with Crippen LogP contribution in [0.4, 0.5) is 0 Å². The number of nitrogens with zero attached hydrogens (tertiary/aromatic N) is 1. The van der Waals surface area contributed by atoms with Gasteiger partial charge in [0.25, 0.3) is 0 Å². The second kappa shape index (κ2) is 8.45. The fourth-order valence-corrected chi connectivity index (χ4v) is 1.81. The van der Waals surface area contributed by atoms with Crippen molar-refractivity contribution in [3.63, 3.8) is 0 Å². The zero-order chi connectivity index (χ0) is 13.4. The third kappa shape index (κ3) is 5.80. The Morgan fingerprint density at radius 1 is 1.50 bits per heavy atom. The number of morpholine rings is 1. The average molecular weight is 257 g/mol. The number of unbranched alkanes of at least 4 members (excludes halogenated alkanes) is 1. The maximum Gasteiger partial charge on any atom is 0.239 e. The van der Waals surface area contributed by atoms with E-state index in [-0.39, 0.29) is 11.9 Å². The summed E-state index contributed by atoms with van der Waals surface area (Å²) in [7, 11) is 2.13. The van der Waals surface area contributed by atoms with E-state index in [9.17, 15) is 4.79 Å². The van der Waals surface area contributed by atoms with Crippen LogP contribution in [0.25, 0.3) is 0 Å². The first-order chi connectivity index (χ1) is 8.61. The Morgan fingerprint density at radius 2 is 2.28 bits per heavy atom. The first-order valence-electron chi connectivity index (χ1n) is 6.90. The van der Waals surface area contributed by atoms with E-state index in [2.05, 4.69) is 36.4 Å². The predicted octanol–water partition coefficient (Wildman–Crippen LogP) is 0.211. The molecule has 1 unspecified atom stereocenters. The number of rotatable bonds is 7. The van der Waals surface area contributed by atoms with E-state index in [1.54, 1.807) is 0 Å². The van der Waals surface area contributed by atoms with E-state index in [1.807, 2.05) is 0 Å². The van der Waals surface area contributed by atoms with Crippen LogP contribution in [0.2, 0.25) is 0 Å². The zero-order valence-electron chi connectivity index (χ0n) is 11.9. The van der Waals surface area contributed by atoms with E-state index in [0.717, 1.165) is 32.5 Å². The first-order valence-corrected chi connectivity index (χ1v) is 6.90. The van der Waals surface area contributed by atoms with E-state index in [4.69, 9.17) is 4.74 Å². The summed E-state index contributed by atoms with van der Waals surface area (Å²) in [5, 5.41) is 6.10. The number of carbonyl (C=O) groups excluding carboxylic acids is 1. The zero-order valence-corrected chi connectivity index (χ0v) is 11.9. The van der Waals surface area contributed by atoms with Gasteiger partial charge in [0.15, 0.2) is 0 Å². The van der Waals surface area contributed by atoms with Gasteiger partial charge in [-0.1, -0.05) is 0 Å². The van der Waals surface area contributed by atoms with Crippen LogP contribution in [-0.4, -0.2) is 62.8 Å². The van der Waals surface area contributed by atoms with E-state index in [1.165, 1.54) is 0 Å². The van der Waals surface area contributed by atoms with Gasteiger partial charge in [0.1, 0.15) is 6.04 Å². The minimum atomic E-state index is -0.169. The highest BCUT2D eigenvalue weighted by Gasteiger charge is 2.20. The van der Waals surface area contributed by atoms with Crippen molar-refractivity contribution in [2.45, 2.75) is 38.8 Å². The molecule has 1 aliphatic heterocycles. The highest BCUT2D eigenvalue weighted by Crippen LogP contribution is 1.98. The average Bonchev–Trinajstić information content (AvgIpc) is 2.38. The van der Waals surface area contributed by atoms with Gasteiger partial charge in [-0.25, -0.2) is 0 Å². The minimum Gasteiger partial charge on any atom is -0.378 e. The highest BCUT2D eigenvalue weighted by atomic mass is 16.5. The van der Waals surface area contributed by atoms with Crippen LogP contribution in [0, 0.1) is 0 Å². The molecular weight excluding hydrogens is 230 g/mol. The highest BCUT2D eigenvalue weighted by molar-refractivity contribution is 5.81. The van der Waals surface area contributed by atoms with Crippen molar-refractivity contribution in [3.8, 4) is 0 Å². The molecule has 0 aliphatic carbocycles. The molecule has 1 heterocycles. The second-order valence-electron chi connectivity index (χ2n) is 5.15. The molecule has 1 aliphatic rings. The Bertz CT molecular complexity index is 240. The second-order valence-corrected chi connectivity index (χ2v) is 5.15. The molecular formula is C13H27N3O2. The van der Waals surface area contributed by atoms with Gasteiger partial charge >= 0.3 is 0 Å². The van der Waals surface area contributed by atoms with Gasteiger partial charge in [0, 0.05) is 19.1 Å². The number of carbonyl (C=O) groups is 1. The van der Waals surface area contributed by atoms with Gasteiger partial charge in [-0.3, -0.25) is 4.79 Å². The molecule has 1 rings (SSSR count). The molecule has 0 bridgehead atoms. The third-order valence-corrected chi connectivity index (χ3v) is 3.36. The summed E-state index contributed by atoms with van der Waals surface area (Å²) in [5.41, 5.74) is 0. The number of amides is 1. The lowest BCUT2D eigenvalue weighted by Crippen LogP contribution is -2.51. The molecule has 2 N–H and O–H groups in total. The van der Waals surface area contributed by atoms with Crippen molar-refractivity contribution < 1.29 is 9.53 Å². The largest absolute Gasteiger partial charge is 0.378 e. The monoisotopic (exact) mass is 257 g/mol. The molecule has 0 aromatic carbocycles. The van der Waals surface area contributed by atoms with Crippen molar-refractivity contribution >= 4 is 5.91 Å². The van der Waals surface area contributed by atoms with Crippen LogP contribution in [0.15, 0.2) is 0 Å². The standard InChI is InChI=1S/C13H27N3O2/c1-11(2)16(3)8-5-4-6-15-13(17)12-10-18-9-7-14-12/h11-12,14H,4-10H2,1-3H3,(H,15,17). The lowest BCUT2D eigenvalue weighted by molar-refractivity contribution is -0.125. The van der Waals surface area contributed by atoms with E-state index < -0.39 is 0 Å². The Morgan fingerprint density at radius 3 is 2.89 bits per heavy atom. The van der Waals surface area contributed by atoms with Crippen molar-refractivity contribution in [1.82, 2.24) is 15.5 Å². The van der Waals surface area contributed by atoms with Gasteiger partial charge in [-0.15, -0.1) is 0 Å². The summed E-state index contributed by atoms with van der Waals surface area (Å²) in [4.78, 5) is 14.1. The van der Waals surface area contributed by atoms with Crippen LogP contribution < -0.4 is 10.6 Å². The van der Waals surface area contributed by atoms with Crippen molar-refractivity contribution in [1.29, 1.82) is 0 Å². The summed E-state index contributed by atoms with van der Waals surface area (Å²) >= 11 is 0. The Kier molecular flexibility index (Phi) is 7.23. The van der Waals surface area contributed by atoms with Crippen molar-refractivity contribution in [3.05, 3.63) is 0 Å². The first kappa shape index (κ1) is 15.4. The van der Waals surface area contributed by atoms with Gasteiger partial charge in [0.2, 0.25) is 5.91 Å². The number of hydrogen-bond acceptors (Lipinski definition) is 4. The smallest absolute Gasteiger partial charge is 0.239 e. The molecule has 5 heteroatoms. The van der Waals surface area contributed by atoms with Gasteiger partial charge < -0.3 is 20.3 Å². The quantitative estimate of drug-likeness (QED) is 0.640. The van der Waals surface area contributed by atoms with E-state index in [0.29, 0.717) is 19.3 Å². The van der Waals surface area contributed by atoms with Crippen molar-refractivity contribution in [2.24, 2.45) is 0 Å². The number of ether oxygens (including phenoxy) is 1. The minimum absolute atomic E-state index is 0.0620. The Balaban J connectivity index is 2.01. The Labute approximate surface area is 110 Å². The molecule has 0 aromatic rings. The number of nitrogens with one attached hydrogen (secondary N) is 2. The molecule has 18 heavy (non-hydrogen) atoms. The van der Waals surface area contributed by atoms with Crippen LogP contribution >= 0.6 is 0 Å². The normalized spacial score (nSPS) is 20.4. The molecule has 5 nitrogen and oxygen atoms in total. The fraction of sp³-hybridized carbons (Fsp3) is 0.923. The number of hydrogen-bond donors (Lipinski definition) is 2. The molecule has 106 valence electrons. The SMILES string of the molecule is CC(C)N(C)CCCCNC(=O)C1COCCN1. The molecule has 0 aromatic heterocycles. The molecule has 1 amide bonds. The molecule has 1 saturated heterocycles. The summed E-state index contributed by atoms with van der Waals surface area (Å²) in [5.74, 6) is 0.0620. The molecule has 0 saturated carbocycles.